The molecule has 156 valence electrons. The lowest BCUT2D eigenvalue weighted by molar-refractivity contribution is -0.384. The van der Waals surface area contributed by atoms with Crippen LogP contribution in [-0.2, 0) is 11.3 Å². The number of nitrogens with zero attached hydrogens (tertiary/aromatic N) is 2. The van der Waals surface area contributed by atoms with Crippen molar-refractivity contribution in [1.82, 2.24) is 4.90 Å². The van der Waals surface area contributed by atoms with Crippen LogP contribution in [0.15, 0.2) is 44.2 Å². The molecule has 8 nitrogen and oxygen atoms in total. The molecule has 1 saturated heterocycles. The highest BCUT2D eigenvalue weighted by Gasteiger charge is 2.35. The van der Waals surface area contributed by atoms with Crippen molar-refractivity contribution >= 4 is 66.5 Å². The molecule has 1 aliphatic heterocycles. The summed E-state index contributed by atoms with van der Waals surface area (Å²) in [5.74, 6) is -0.439. The quantitative estimate of drug-likeness (QED) is 0.285. The molecule has 0 aromatic heterocycles. The molecule has 0 saturated carbocycles. The first-order valence-corrected chi connectivity index (χ1v) is 11.0. The van der Waals surface area contributed by atoms with Crippen molar-refractivity contribution in [3.05, 3.63) is 65.4 Å². The van der Waals surface area contributed by atoms with Gasteiger partial charge in [-0.3, -0.25) is 24.6 Å². The molecule has 3 rings (SSSR count). The van der Waals surface area contributed by atoms with E-state index < -0.39 is 16.1 Å². The normalized spacial score (nSPS) is 15.2. The molecular formula is C19H14Br2N2O6S. The molecule has 1 fully saturated rings. The zero-order chi connectivity index (χ0) is 22.0. The van der Waals surface area contributed by atoms with Crippen molar-refractivity contribution in [2.24, 2.45) is 0 Å². The van der Waals surface area contributed by atoms with E-state index in [0.29, 0.717) is 26.7 Å². The van der Waals surface area contributed by atoms with Crippen LogP contribution in [0.25, 0.3) is 6.08 Å². The fourth-order valence-electron chi connectivity index (χ4n) is 2.68. The highest BCUT2D eigenvalue weighted by atomic mass is 79.9. The number of hydrogen-bond acceptors (Lipinski definition) is 7. The minimum absolute atomic E-state index is 0.0180. The van der Waals surface area contributed by atoms with E-state index in [-0.39, 0.29) is 28.6 Å². The number of phenolic OH excluding ortho intramolecular Hbond substituents is 1. The molecule has 0 aliphatic carbocycles. The highest BCUT2D eigenvalue weighted by Crippen LogP contribution is 2.44. The summed E-state index contributed by atoms with van der Waals surface area (Å²) in [6.07, 6.45) is 1.42. The zero-order valence-electron chi connectivity index (χ0n) is 15.4. The molecule has 2 amide bonds. The maximum absolute atomic E-state index is 12.8. The van der Waals surface area contributed by atoms with Gasteiger partial charge in [-0.15, -0.1) is 0 Å². The molecule has 0 radical (unpaired) electrons. The first-order valence-electron chi connectivity index (χ1n) is 8.55. The van der Waals surface area contributed by atoms with Crippen LogP contribution in [-0.4, -0.2) is 32.7 Å². The number of amides is 2. The average molecular weight is 558 g/mol. The van der Waals surface area contributed by atoms with E-state index in [4.69, 9.17) is 4.74 Å². The Morgan fingerprint density at radius 1 is 1.27 bits per heavy atom. The lowest BCUT2D eigenvalue weighted by Gasteiger charge is -2.13. The Labute approximate surface area is 192 Å². The SMILES string of the molecule is CCOc1cc(Br)c(Br)c(/C=C2\SC(=O)N(Cc3ccc([N+](=O)[O-])cc3)C2=O)c1O. The van der Waals surface area contributed by atoms with Crippen LogP contribution in [0.4, 0.5) is 10.5 Å². The average Bonchev–Trinajstić information content (AvgIpc) is 2.97. The molecule has 1 N–H and O–H groups in total. The van der Waals surface area contributed by atoms with E-state index >= 15 is 0 Å². The topological polar surface area (TPSA) is 110 Å². The number of thioether (sulfide) groups is 1. The van der Waals surface area contributed by atoms with Crippen LogP contribution in [0.2, 0.25) is 0 Å². The van der Waals surface area contributed by atoms with E-state index in [9.17, 15) is 24.8 Å². The summed E-state index contributed by atoms with van der Waals surface area (Å²) in [5, 5.41) is 20.8. The number of phenols is 1. The number of nitro benzene ring substituents is 1. The molecule has 0 unspecified atom stereocenters. The zero-order valence-corrected chi connectivity index (χ0v) is 19.4. The molecule has 2 aromatic carbocycles. The Hall–Kier alpha value is -2.37. The third-order valence-electron chi connectivity index (χ3n) is 4.13. The number of benzene rings is 2. The smallest absolute Gasteiger partial charge is 0.293 e. The fourth-order valence-corrected chi connectivity index (χ4v) is 4.34. The summed E-state index contributed by atoms with van der Waals surface area (Å²) in [4.78, 5) is 36.6. The van der Waals surface area contributed by atoms with Crippen LogP contribution >= 0.6 is 43.6 Å². The molecular weight excluding hydrogens is 544 g/mol. The van der Waals surface area contributed by atoms with E-state index in [0.717, 1.165) is 16.7 Å². The summed E-state index contributed by atoms with van der Waals surface area (Å²) in [6.45, 7) is 2.10. The van der Waals surface area contributed by atoms with Gasteiger partial charge >= 0.3 is 0 Å². The molecule has 11 heteroatoms. The van der Waals surface area contributed by atoms with E-state index in [1.54, 1.807) is 13.0 Å². The lowest BCUT2D eigenvalue weighted by Crippen LogP contribution is -2.27. The van der Waals surface area contributed by atoms with Crippen LogP contribution in [0.5, 0.6) is 11.5 Å². The largest absolute Gasteiger partial charge is 0.504 e. The van der Waals surface area contributed by atoms with Crippen molar-refractivity contribution in [3.63, 3.8) is 0 Å². The minimum atomic E-state index is -0.522. The molecule has 30 heavy (non-hydrogen) atoms. The van der Waals surface area contributed by atoms with Gasteiger partial charge in [0.1, 0.15) is 0 Å². The van der Waals surface area contributed by atoms with Gasteiger partial charge in [0.05, 0.1) is 23.0 Å². The van der Waals surface area contributed by atoms with Crippen LogP contribution < -0.4 is 4.74 Å². The Morgan fingerprint density at radius 3 is 2.53 bits per heavy atom. The van der Waals surface area contributed by atoms with Crippen molar-refractivity contribution in [1.29, 1.82) is 0 Å². The Kier molecular flexibility index (Phi) is 6.84. The number of aromatic hydroxyl groups is 1. The second-order valence-corrected chi connectivity index (χ2v) is 8.70. The number of rotatable bonds is 6. The standard InChI is InChI=1S/C19H14Br2N2O6S/c1-2-29-14-8-13(20)16(21)12(17(14)24)7-15-18(25)22(19(26)30-15)9-10-3-5-11(6-4-10)23(27)28/h3-8,24H,2,9H2,1H3/b15-7-. The monoisotopic (exact) mass is 556 g/mol. The van der Waals surface area contributed by atoms with E-state index in [1.165, 1.54) is 30.3 Å². The van der Waals surface area contributed by atoms with Crippen molar-refractivity contribution in [2.75, 3.05) is 6.61 Å². The summed E-state index contributed by atoms with van der Waals surface area (Å²) < 4.78 is 6.52. The predicted octanol–water partition coefficient (Wildman–Crippen LogP) is 5.46. The van der Waals surface area contributed by atoms with Gasteiger partial charge in [-0.2, -0.15) is 0 Å². The van der Waals surface area contributed by atoms with Gasteiger partial charge in [0.2, 0.25) is 0 Å². The first-order chi connectivity index (χ1) is 14.2. The van der Waals surface area contributed by atoms with Crippen LogP contribution in [0.3, 0.4) is 0 Å². The number of halogens is 2. The van der Waals surface area contributed by atoms with Gasteiger partial charge in [0.15, 0.2) is 11.5 Å². The Bertz CT molecular complexity index is 1070. The van der Waals surface area contributed by atoms with Gasteiger partial charge in [0.25, 0.3) is 16.8 Å². The molecule has 1 heterocycles. The number of ether oxygens (including phenoxy) is 1. The molecule has 0 bridgehead atoms. The number of carbonyl (C=O) groups is 2. The van der Waals surface area contributed by atoms with Crippen molar-refractivity contribution in [3.8, 4) is 11.5 Å². The van der Waals surface area contributed by atoms with Gasteiger partial charge in [-0.1, -0.05) is 12.1 Å². The maximum atomic E-state index is 12.8. The van der Waals surface area contributed by atoms with Gasteiger partial charge in [-0.25, -0.2) is 0 Å². The fraction of sp³-hybridized carbons (Fsp3) is 0.158. The molecule has 1 aliphatic rings. The minimum Gasteiger partial charge on any atom is -0.504 e. The molecule has 0 spiro atoms. The summed E-state index contributed by atoms with van der Waals surface area (Å²) >= 11 is 7.48. The second kappa shape index (κ2) is 9.19. The second-order valence-electron chi connectivity index (χ2n) is 6.06. The lowest BCUT2D eigenvalue weighted by atomic mass is 10.1. The number of nitro groups is 1. The van der Waals surface area contributed by atoms with Gasteiger partial charge in [0, 0.05) is 26.6 Å². The highest BCUT2D eigenvalue weighted by molar-refractivity contribution is 9.13. The number of imide groups is 1. The maximum Gasteiger partial charge on any atom is 0.293 e. The summed E-state index contributed by atoms with van der Waals surface area (Å²) in [7, 11) is 0. The molecule has 2 aromatic rings. The van der Waals surface area contributed by atoms with Crippen molar-refractivity contribution < 1.29 is 24.4 Å². The van der Waals surface area contributed by atoms with E-state index in [1.807, 2.05) is 0 Å². The Morgan fingerprint density at radius 2 is 1.93 bits per heavy atom. The van der Waals surface area contributed by atoms with Crippen molar-refractivity contribution in [2.45, 2.75) is 13.5 Å². The number of non-ortho nitro benzene ring substituents is 1. The van der Waals surface area contributed by atoms with Gasteiger partial charge in [-0.05, 0) is 68.3 Å². The van der Waals surface area contributed by atoms with E-state index in [2.05, 4.69) is 31.9 Å². The van der Waals surface area contributed by atoms with Crippen LogP contribution in [0, 0.1) is 10.1 Å². The number of hydrogen-bond donors (Lipinski definition) is 1. The third kappa shape index (κ3) is 4.52. The third-order valence-corrected chi connectivity index (χ3v) is 7.05. The van der Waals surface area contributed by atoms with Gasteiger partial charge < -0.3 is 9.84 Å². The first kappa shape index (κ1) is 22.3. The number of carbonyl (C=O) groups excluding carboxylic acids is 2. The predicted molar refractivity (Wildman–Crippen MR) is 119 cm³/mol. The Balaban J connectivity index is 1.89. The van der Waals surface area contributed by atoms with Crippen LogP contribution in [0.1, 0.15) is 18.1 Å². The molecule has 0 atom stereocenters. The summed E-state index contributed by atoms with van der Waals surface area (Å²) in [5.41, 5.74) is 0.802. The summed E-state index contributed by atoms with van der Waals surface area (Å²) in [6, 6.07) is 7.22.